The topological polar surface area (TPSA) is 118 Å². The molecule has 1 unspecified atom stereocenters. The van der Waals surface area contributed by atoms with E-state index in [1.165, 1.54) is 0 Å². The standard InChI is InChI=1S/C6H9NO5/c1-6(4(7)10,5(11)12)2-3(8)9/h2H2,1H3,(H2,7,10)(H,8,9)(H,11,12). The summed E-state index contributed by atoms with van der Waals surface area (Å²) in [7, 11) is 0. The minimum Gasteiger partial charge on any atom is -0.481 e. The monoisotopic (exact) mass is 175 g/mol. The van der Waals surface area contributed by atoms with Crippen molar-refractivity contribution in [1.82, 2.24) is 0 Å². The quantitative estimate of drug-likeness (QED) is 0.475. The fourth-order valence-electron chi connectivity index (χ4n) is 0.571. The number of rotatable bonds is 4. The van der Waals surface area contributed by atoms with E-state index in [1.807, 2.05) is 0 Å². The van der Waals surface area contributed by atoms with Crippen molar-refractivity contribution in [3.05, 3.63) is 0 Å². The van der Waals surface area contributed by atoms with Gasteiger partial charge in [0.15, 0.2) is 5.41 Å². The van der Waals surface area contributed by atoms with E-state index in [0.29, 0.717) is 0 Å². The summed E-state index contributed by atoms with van der Waals surface area (Å²) < 4.78 is 0. The molecule has 1 atom stereocenters. The Morgan fingerprint density at radius 2 is 1.75 bits per heavy atom. The lowest BCUT2D eigenvalue weighted by Gasteiger charge is -2.17. The molecule has 0 spiro atoms. The van der Waals surface area contributed by atoms with Crippen molar-refractivity contribution in [3.8, 4) is 0 Å². The molecule has 0 aliphatic carbocycles. The second kappa shape index (κ2) is 3.21. The van der Waals surface area contributed by atoms with Crippen LogP contribution in [-0.2, 0) is 14.4 Å². The van der Waals surface area contributed by atoms with Crippen LogP contribution in [0.1, 0.15) is 13.3 Å². The van der Waals surface area contributed by atoms with Gasteiger partial charge < -0.3 is 15.9 Å². The van der Waals surface area contributed by atoms with E-state index in [-0.39, 0.29) is 0 Å². The minimum absolute atomic E-state index is 0.808. The molecule has 4 N–H and O–H groups in total. The first-order chi connectivity index (χ1) is 5.30. The first-order valence-corrected chi connectivity index (χ1v) is 3.06. The molecule has 0 radical (unpaired) electrons. The summed E-state index contributed by atoms with van der Waals surface area (Å²) in [5.74, 6) is -4.06. The summed E-state index contributed by atoms with van der Waals surface area (Å²) in [5.41, 5.74) is 2.72. The first-order valence-electron chi connectivity index (χ1n) is 3.06. The highest BCUT2D eigenvalue weighted by Gasteiger charge is 2.41. The van der Waals surface area contributed by atoms with Gasteiger partial charge in [-0.25, -0.2) is 0 Å². The normalized spacial score (nSPS) is 14.8. The Morgan fingerprint density at radius 3 is 1.83 bits per heavy atom. The van der Waals surface area contributed by atoms with Gasteiger partial charge in [0.05, 0.1) is 6.42 Å². The van der Waals surface area contributed by atoms with E-state index in [9.17, 15) is 14.4 Å². The molecule has 6 nitrogen and oxygen atoms in total. The predicted octanol–water partition coefficient (Wildman–Crippen LogP) is -0.963. The third-order valence-electron chi connectivity index (χ3n) is 1.52. The number of hydrogen-bond donors (Lipinski definition) is 3. The van der Waals surface area contributed by atoms with Gasteiger partial charge in [0.2, 0.25) is 5.91 Å². The number of hydrogen-bond acceptors (Lipinski definition) is 3. The van der Waals surface area contributed by atoms with Crippen molar-refractivity contribution in [1.29, 1.82) is 0 Å². The van der Waals surface area contributed by atoms with Crippen LogP contribution in [0.25, 0.3) is 0 Å². The lowest BCUT2D eigenvalue weighted by Crippen LogP contribution is -2.42. The van der Waals surface area contributed by atoms with Crippen LogP contribution < -0.4 is 5.73 Å². The molecule has 6 heteroatoms. The summed E-state index contributed by atoms with van der Waals surface area (Å²) in [6.45, 7) is 0.978. The number of carbonyl (C=O) groups excluding carboxylic acids is 1. The Kier molecular flexibility index (Phi) is 2.78. The fraction of sp³-hybridized carbons (Fsp3) is 0.500. The van der Waals surface area contributed by atoms with E-state index in [1.54, 1.807) is 0 Å². The number of carboxylic acid groups (broad SMARTS) is 2. The average molecular weight is 175 g/mol. The van der Waals surface area contributed by atoms with E-state index >= 15 is 0 Å². The van der Waals surface area contributed by atoms with Gasteiger partial charge in [0, 0.05) is 0 Å². The molecule has 0 bridgehead atoms. The molecule has 0 rings (SSSR count). The molecule has 12 heavy (non-hydrogen) atoms. The highest BCUT2D eigenvalue weighted by atomic mass is 16.4. The van der Waals surface area contributed by atoms with Crippen molar-refractivity contribution < 1.29 is 24.6 Å². The third-order valence-corrected chi connectivity index (χ3v) is 1.52. The molecule has 68 valence electrons. The number of carboxylic acids is 2. The predicted molar refractivity (Wildman–Crippen MR) is 37.2 cm³/mol. The maximum Gasteiger partial charge on any atom is 0.319 e. The van der Waals surface area contributed by atoms with Crippen LogP contribution in [0.2, 0.25) is 0 Å². The Hall–Kier alpha value is -1.59. The maximum absolute atomic E-state index is 10.6. The summed E-state index contributed by atoms with van der Waals surface area (Å²) >= 11 is 0. The number of amides is 1. The first kappa shape index (κ1) is 10.4. The summed E-state index contributed by atoms with van der Waals surface area (Å²) in [5, 5.41) is 16.8. The maximum atomic E-state index is 10.6. The van der Waals surface area contributed by atoms with Crippen molar-refractivity contribution in [3.63, 3.8) is 0 Å². The fourth-order valence-corrected chi connectivity index (χ4v) is 0.571. The van der Waals surface area contributed by atoms with Gasteiger partial charge in [0.25, 0.3) is 0 Å². The molecule has 0 saturated carbocycles. The molecule has 1 amide bonds. The van der Waals surface area contributed by atoms with E-state index < -0.39 is 29.7 Å². The molecule has 0 fully saturated rings. The summed E-state index contributed by atoms with van der Waals surface area (Å²) in [6.07, 6.45) is -0.808. The number of carbonyl (C=O) groups is 3. The molecular formula is C6H9NO5. The smallest absolute Gasteiger partial charge is 0.319 e. The zero-order chi connectivity index (χ0) is 9.94. The minimum atomic E-state index is -2.02. The van der Waals surface area contributed by atoms with Gasteiger partial charge >= 0.3 is 11.9 Å². The van der Waals surface area contributed by atoms with Crippen molar-refractivity contribution in [2.24, 2.45) is 11.1 Å². The highest BCUT2D eigenvalue weighted by Crippen LogP contribution is 2.20. The summed E-state index contributed by atoms with van der Waals surface area (Å²) in [6, 6.07) is 0. The van der Waals surface area contributed by atoms with Gasteiger partial charge in [-0.3, -0.25) is 14.4 Å². The SMILES string of the molecule is CC(CC(=O)O)(C(N)=O)C(=O)O. The number of aliphatic carboxylic acids is 2. The lowest BCUT2D eigenvalue weighted by atomic mass is 9.86. The van der Waals surface area contributed by atoms with Crippen LogP contribution in [0, 0.1) is 5.41 Å². The van der Waals surface area contributed by atoms with Crippen molar-refractivity contribution >= 4 is 17.8 Å². The van der Waals surface area contributed by atoms with Crippen LogP contribution >= 0.6 is 0 Å². The molecule has 0 aromatic rings. The third kappa shape index (κ3) is 1.94. The van der Waals surface area contributed by atoms with Crippen LogP contribution in [-0.4, -0.2) is 28.1 Å². The van der Waals surface area contributed by atoms with Crippen LogP contribution in [0.3, 0.4) is 0 Å². The average Bonchev–Trinajstić information content (AvgIpc) is 1.84. The molecule has 0 aliphatic heterocycles. The van der Waals surface area contributed by atoms with Gasteiger partial charge in [-0.2, -0.15) is 0 Å². The Balaban J connectivity index is 4.75. The number of nitrogens with two attached hydrogens (primary N) is 1. The second-order valence-corrected chi connectivity index (χ2v) is 2.57. The molecule has 0 aromatic heterocycles. The Morgan fingerprint density at radius 1 is 1.33 bits per heavy atom. The highest BCUT2D eigenvalue weighted by molar-refractivity contribution is 6.03. The Labute approximate surface area is 68.0 Å². The van der Waals surface area contributed by atoms with E-state index in [2.05, 4.69) is 0 Å². The number of primary amides is 1. The molecule has 0 heterocycles. The van der Waals surface area contributed by atoms with Crippen LogP contribution in [0.15, 0.2) is 0 Å². The lowest BCUT2D eigenvalue weighted by molar-refractivity contribution is -0.159. The molecular weight excluding hydrogens is 166 g/mol. The molecule has 0 aromatic carbocycles. The van der Waals surface area contributed by atoms with Gasteiger partial charge in [-0.1, -0.05) is 0 Å². The summed E-state index contributed by atoms with van der Waals surface area (Å²) in [4.78, 5) is 31.2. The molecule has 0 aliphatic rings. The van der Waals surface area contributed by atoms with E-state index in [0.717, 1.165) is 6.92 Å². The van der Waals surface area contributed by atoms with Gasteiger partial charge in [-0.15, -0.1) is 0 Å². The van der Waals surface area contributed by atoms with E-state index in [4.69, 9.17) is 15.9 Å². The zero-order valence-electron chi connectivity index (χ0n) is 6.40. The van der Waals surface area contributed by atoms with Gasteiger partial charge in [-0.05, 0) is 6.92 Å². The zero-order valence-corrected chi connectivity index (χ0v) is 6.40. The van der Waals surface area contributed by atoms with Crippen LogP contribution in [0.4, 0.5) is 0 Å². The Bertz CT molecular complexity index is 220. The largest absolute Gasteiger partial charge is 0.481 e. The van der Waals surface area contributed by atoms with Crippen LogP contribution in [0.5, 0.6) is 0 Å². The van der Waals surface area contributed by atoms with Crippen molar-refractivity contribution in [2.75, 3.05) is 0 Å². The van der Waals surface area contributed by atoms with Gasteiger partial charge in [0.1, 0.15) is 0 Å². The second-order valence-electron chi connectivity index (χ2n) is 2.57. The van der Waals surface area contributed by atoms with Crippen molar-refractivity contribution in [2.45, 2.75) is 13.3 Å². The molecule has 0 saturated heterocycles.